The number of morpholine rings is 1. The van der Waals surface area contributed by atoms with Crippen molar-refractivity contribution in [2.75, 3.05) is 39.9 Å². The topological polar surface area (TPSA) is 61.9 Å². The van der Waals surface area contributed by atoms with E-state index in [0.29, 0.717) is 12.5 Å². The number of hydrogen-bond donors (Lipinski definition) is 1. The van der Waals surface area contributed by atoms with E-state index in [1.807, 2.05) is 42.3 Å². The molecule has 26 heavy (non-hydrogen) atoms. The monoisotopic (exact) mass is 381 g/mol. The molecule has 7 heteroatoms. The standard InChI is InChI=1S/C19H27N3O3.ClH/c1-20-11-15-7-9-21(10-8-15)19(24)17-13-25-14-18(23)22(17)12-16-5-3-2-4-6-16;/h2-6,15,17,20H,7-14H2,1H3;1H/t17-;/m1./s1. The highest BCUT2D eigenvalue weighted by Crippen LogP contribution is 2.20. The van der Waals surface area contributed by atoms with Gasteiger partial charge < -0.3 is 19.9 Å². The Labute approximate surface area is 161 Å². The second kappa shape index (κ2) is 9.90. The first-order chi connectivity index (χ1) is 12.2. The summed E-state index contributed by atoms with van der Waals surface area (Å²) in [6.07, 6.45) is 2.01. The molecule has 2 fully saturated rings. The van der Waals surface area contributed by atoms with Gasteiger partial charge in [-0.1, -0.05) is 30.3 Å². The van der Waals surface area contributed by atoms with Crippen molar-refractivity contribution < 1.29 is 14.3 Å². The molecule has 1 aromatic carbocycles. The zero-order valence-electron chi connectivity index (χ0n) is 15.2. The molecule has 2 amide bonds. The molecule has 1 N–H and O–H groups in total. The number of ether oxygens (including phenoxy) is 1. The van der Waals surface area contributed by atoms with Crippen LogP contribution in [0.4, 0.5) is 0 Å². The molecule has 1 atom stereocenters. The van der Waals surface area contributed by atoms with Crippen molar-refractivity contribution >= 4 is 24.2 Å². The average Bonchev–Trinajstić information content (AvgIpc) is 2.65. The predicted octanol–water partition coefficient (Wildman–Crippen LogP) is 1.29. The minimum absolute atomic E-state index is 0. The summed E-state index contributed by atoms with van der Waals surface area (Å²) in [4.78, 5) is 28.9. The molecule has 0 bridgehead atoms. The molecule has 1 aromatic rings. The molecule has 3 rings (SSSR count). The van der Waals surface area contributed by atoms with E-state index in [9.17, 15) is 9.59 Å². The number of nitrogens with zero attached hydrogens (tertiary/aromatic N) is 2. The molecule has 0 saturated carbocycles. The lowest BCUT2D eigenvalue weighted by molar-refractivity contribution is -0.160. The van der Waals surface area contributed by atoms with Gasteiger partial charge in [0.25, 0.3) is 0 Å². The highest BCUT2D eigenvalue weighted by Gasteiger charge is 2.37. The van der Waals surface area contributed by atoms with Crippen LogP contribution in [0.25, 0.3) is 0 Å². The highest BCUT2D eigenvalue weighted by molar-refractivity contribution is 5.89. The van der Waals surface area contributed by atoms with E-state index in [4.69, 9.17) is 4.74 Å². The summed E-state index contributed by atoms with van der Waals surface area (Å²) in [6.45, 7) is 3.31. The second-order valence-electron chi connectivity index (χ2n) is 6.86. The lowest BCUT2D eigenvalue weighted by atomic mass is 9.96. The number of likely N-dealkylation sites (tertiary alicyclic amines) is 1. The van der Waals surface area contributed by atoms with Crippen LogP contribution in [0.1, 0.15) is 18.4 Å². The molecule has 0 aliphatic carbocycles. The van der Waals surface area contributed by atoms with E-state index in [2.05, 4.69) is 5.32 Å². The second-order valence-corrected chi connectivity index (χ2v) is 6.86. The number of halogens is 1. The van der Waals surface area contributed by atoms with Gasteiger partial charge in [0.15, 0.2) is 0 Å². The van der Waals surface area contributed by atoms with Gasteiger partial charge in [0.05, 0.1) is 6.61 Å². The minimum Gasteiger partial charge on any atom is -0.369 e. The Kier molecular flexibility index (Phi) is 7.87. The van der Waals surface area contributed by atoms with Gasteiger partial charge in [-0.2, -0.15) is 0 Å². The summed E-state index contributed by atoms with van der Waals surface area (Å²) < 4.78 is 5.39. The molecule has 144 valence electrons. The summed E-state index contributed by atoms with van der Waals surface area (Å²) in [5.74, 6) is 0.532. The zero-order chi connectivity index (χ0) is 17.6. The first-order valence-corrected chi connectivity index (χ1v) is 9.03. The maximum atomic E-state index is 13.0. The van der Waals surface area contributed by atoms with Crippen LogP contribution in [-0.2, 0) is 20.9 Å². The maximum absolute atomic E-state index is 13.0. The van der Waals surface area contributed by atoms with Gasteiger partial charge in [-0.05, 0) is 37.9 Å². The van der Waals surface area contributed by atoms with Crippen molar-refractivity contribution in [2.24, 2.45) is 5.92 Å². The van der Waals surface area contributed by atoms with Crippen molar-refractivity contribution in [3.8, 4) is 0 Å². The van der Waals surface area contributed by atoms with Gasteiger partial charge in [-0.25, -0.2) is 0 Å². The summed E-state index contributed by atoms with van der Waals surface area (Å²) >= 11 is 0. The number of amides is 2. The molecule has 2 aliphatic heterocycles. The molecule has 0 unspecified atom stereocenters. The van der Waals surface area contributed by atoms with Gasteiger partial charge in [-0.15, -0.1) is 12.4 Å². The Morgan fingerprint density at radius 3 is 2.58 bits per heavy atom. The zero-order valence-corrected chi connectivity index (χ0v) is 16.0. The number of rotatable bonds is 5. The van der Waals surface area contributed by atoms with Crippen molar-refractivity contribution in [3.63, 3.8) is 0 Å². The fourth-order valence-electron chi connectivity index (χ4n) is 3.64. The first kappa shape index (κ1) is 20.7. The Bertz CT molecular complexity index is 591. The maximum Gasteiger partial charge on any atom is 0.249 e. The third-order valence-electron chi connectivity index (χ3n) is 5.10. The minimum atomic E-state index is -0.512. The highest BCUT2D eigenvalue weighted by atomic mass is 35.5. The van der Waals surface area contributed by atoms with Crippen LogP contribution >= 0.6 is 12.4 Å². The lowest BCUT2D eigenvalue weighted by Gasteiger charge is -2.39. The largest absolute Gasteiger partial charge is 0.369 e. The van der Waals surface area contributed by atoms with Crippen LogP contribution in [0.15, 0.2) is 30.3 Å². The Hall–Kier alpha value is -1.63. The van der Waals surface area contributed by atoms with E-state index in [1.54, 1.807) is 4.90 Å². The number of carbonyl (C=O) groups excluding carboxylic acids is 2. The van der Waals surface area contributed by atoms with Crippen molar-refractivity contribution in [3.05, 3.63) is 35.9 Å². The molecular weight excluding hydrogens is 354 g/mol. The predicted molar refractivity (Wildman–Crippen MR) is 102 cm³/mol. The summed E-state index contributed by atoms with van der Waals surface area (Å²) in [5.41, 5.74) is 1.03. The normalized spacial score (nSPS) is 21.4. The van der Waals surface area contributed by atoms with Crippen LogP contribution < -0.4 is 5.32 Å². The molecular formula is C19H28ClN3O3. The summed E-state index contributed by atoms with van der Waals surface area (Å²) in [6, 6.07) is 9.29. The quantitative estimate of drug-likeness (QED) is 0.835. The number of carbonyl (C=O) groups is 2. The van der Waals surface area contributed by atoms with E-state index in [1.165, 1.54) is 0 Å². The van der Waals surface area contributed by atoms with E-state index in [-0.39, 0.29) is 37.4 Å². The number of benzene rings is 1. The first-order valence-electron chi connectivity index (χ1n) is 9.03. The summed E-state index contributed by atoms with van der Waals surface area (Å²) in [5, 5.41) is 3.21. The molecule has 0 radical (unpaired) electrons. The Morgan fingerprint density at radius 2 is 1.92 bits per heavy atom. The van der Waals surface area contributed by atoms with Crippen LogP contribution in [0.3, 0.4) is 0 Å². The van der Waals surface area contributed by atoms with Crippen LogP contribution in [0.5, 0.6) is 0 Å². The number of hydrogen-bond acceptors (Lipinski definition) is 4. The molecule has 0 spiro atoms. The Morgan fingerprint density at radius 1 is 1.23 bits per heavy atom. The van der Waals surface area contributed by atoms with E-state index in [0.717, 1.165) is 38.0 Å². The van der Waals surface area contributed by atoms with Crippen molar-refractivity contribution in [1.82, 2.24) is 15.1 Å². The van der Waals surface area contributed by atoms with Gasteiger partial charge in [-0.3, -0.25) is 9.59 Å². The third-order valence-corrected chi connectivity index (χ3v) is 5.10. The van der Waals surface area contributed by atoms with Gasteiger partial charge in [0.2, 0.25) is 11.8 Å². The van der Waals surface area contributed by atoms with Crippen molar-refractivity contribution in [2.45, 2.75) is 25.4 Å². The van der Waals surface area contributed by atoms with E-state index < -0.39 is 6.04 Å². The molecule has 2 saturated heterocycles. The van der Waals surface area contributed by atoms with Crippen LogP contribution in [0, 0.1) is 5.92 Å². The number of piperidine rings is 1. The summed E-state index contributed by atoms with van der Waals surface area (Å²) in [7, 11) is 1.96. The van der Waals surface area contributed by atoms with Gasteiger partial charge >= 0.3 is 0 Å². The smallest absolute Gasteiger partial charge is 0.249 e. The van der Waals surface area contributed by atoms with Crippen molar-refractivity contribution in [1.29, 1.82) is 0 Å². The fourth-order valence-corrected chi connectivity index (χ4v) is 3.64. The Balaban J connectivity index is 0.00000243. The third kappa shape index (κ3) is 4.96. The molecule has 0 aromatic heterocycles. The lowest BCUT2D eigenvalue weighted by Crippen LogP contribution is -2.57. The van der Waals surface area contributed by atoms with Crippen LogP contribution in [-0.4, -0.2) is 67.6 Å². The molecule has 2 heterocycles. The average molecular weight is 382 g/mol. The fraction of sp³-hybridized carbons (Fsp3) is 0.579. The van der Waals surface area contributed by atoms with Gasteiger partial charge in [0.1, 0.15) is 12.6 Å². The number of nitrogens with one attached hydrogen (secondary N) is 1. The van der Waals surface area contributed by atoms with Gasteiger partial charge in [0, 0.05) is 19.6 Å². The molecule has 2 aliphatic rings. The molecule has 6 nitrogen and oxygen atoms in total. The van der Waals surface area contributed by atoms with Crippen LogP contribution in [0.2, 0.25) is 0 Å². The van der Waals surface area contributed by atoms with E-state index >= 15 is 0 Å². The SMILES string of the molecule is CNCC1CCN(C(=O)[C@H]2COCC(=O)N2Cc2ccccc2)CC1.Cl.